The molecule has 1 aromatic rings. The second-order valence-corrected chi connectivity index (χ2v) is 6.19. The lowest BCUT2D eigenvalue weighted by atomic mass is 10.1. The van der Waals surface area contributed by atoms with E-state index in [4.69, 9.17) is 0 Å². The van der Waals surface area contributed by atoms with Gasteiger partial charge in [-0.1, -0.05) is 30.3 Å². The van der Waals surface area contributed by atoms with Crippen LogP contribution in [0.5, 0.6) is 0 Å². The zero-order valence-electron chi connectivity index (χ0n) is 13.9. The maximum atomic E-state index is 12.4. The van der Waals surface area contributed by atoms with Crippen molar-refractivity contribution in [2.24, 2.45) is 5.92 Å². The SMILES string of the molecule is CCN(Cc1ccccc1)C(=O)NCC1CCN(CC(F)(F)F)C1. The Morgan fingerprint density at radius 3 is 2.67 bits per heavy atom. The highest BCUT2D eigenvalue weighted by Gasteiger charge is 2.34. The van der Waals surface area contributed by atoms with E-state index in [9.17, 15) is 18.0 Å². The average Bonchev–Trinajstić information content (AvgIpc) is 2.96. The molecular weight excluding hydrogens is 319 g/mol. The van der Waals surface area contributed by atoms with Gasteiger partial charge in [-0.05, 0) is 31.4 Å². The van der Waals surface area contributed by atoms with Crippen molar-refractivity contribution >= 4 is 6.03 Å². The molecular formula is C17H24F3N3O. The van der Waals surface area contributed by atoms with Crippen LogP contribution in [-0.4, -0.2) is 54.7 Å². The predicted octanol–water partition coefficient (Wildman–Crippen LogP) is 3.10. The zero-order valence-corrected chi connectivity index (χ0v) is 13.9. The van der Waals surface area contributed by atoms with Gasteiger partial charge in [0.1, 0.15) is 0 Å². The Morgan fingerprint density at radius 1 is 1.33 bits per heavy atom. The monoisotopic (exact) mass is 343 g/mol. The molecule has 134 valence electrons. The molecule has 0 saturated carbocycles. The first-order chi connectivity index (χ1) is 11.4. The van der Waals surface area contributed by atoms with Crippen LogP contribution in [0.1, 0.15) is 18.9 Å². The molecule has 0 spiro atoms. The van der Waals surface area contributed by atoms with E-state index in [2.05, 4.69) is 5.32 Å². The Hall–Kier alpha value is -1.76. The number of likely N-dealkylation sites (tertiary alicyclic amines) is 1. The van der Waals surface area contributed by atoms with Gasteiger partial charge in [-0.15, -0.1) is 0 Å². The van der Waals surface area contributed by atoms with Crippen LogP contribution < -0.4 is 5.32 Å². The number of hydrogen-bond acceptors (Lipinski definition) is 2. The summed E-state index contributed by atoms with van der Waals surface area (Å²) >= 11 is 0. The number of benzene rings is 1. The fraction of sp³-hybridized carbons (Fsp3) is 0.588. The van der Waals surface area contributed by atoms with Crippen LogP contribution in [0.2, 0.25) is 0 Å². The van der Waals surface area contributed by atoms with E-state index in [0.717, 1.165) is 5.56 Å². The molecule has 2 rings (SSSR count). The van der Waals surface area contributed by atoms with Crippen molar-refractivity contribution in [3.05, 3.63) is 35.9 Å². The lowest BCUT2D eigenvalue weighted by Crippen LogP contribution is -2.42. The van der Waals surface area contributed by atoms with Crippen LogP contribution in [0, 0.1) is 5.92 Å². The third-order valence-corrected chi connectivity index (χ3v) is 4.20. The van der Waals surface area contributed by atoms with Crippen LogP contribution >= 0.6 is 0 Å². The normalized spacial score (nSPS) is 18.6. The van der Waals surface area contributed by atoms with Gasteiger partial charge in [0, 0.05) is 26.2 Å². The van der Waals surface area contributed by atoms with Crippen molar-refractivity contribution in [3.8, 4) is 0 Å². The van der Waals surface area contributed by atoms with Crippen LogP contribution in [0.4, 0.5) is 18.0 Å². The maximum absolute atomic E-state index is 12.4. The summed E-state index contributed by atoms with van der Waals surface area (Å²) in [4.78, 5) is 15.4. The van der Waals surface area contributed by atoms with E-state index in [1.165, 1.54) is 4.90 Å². The lowest BCUT2D eigenvalue weighted by molar-refractivity contribution is -0.143. The molecule has 1 aromatic carbocycles. The summed E-state index contributed by atoms with van der Waals surface area (Å²) in [5.74, 6) is 0.0757. The predicted molar refractivity (Wildman–Crippen MR) is 86.5 cm³/mol. The van der Waals surface area contributed by atoms with Crippen molar-refractivity contribution in [1.82, 2.24) is 15.1 Å². The summed E-state index contributed by atoms with van der Waals surface area (Å²) in [6, 6.07) is 9.52. The standard InChI is InChI=1S/C17H24F3N3O/c1-2-23(12-14-6-4-3-5-7-14)16(24)21-10-15-8-9-22(11-15)13-17(18,19)20/h3-7,15H,2,8-13H2,1H3,(H,21,24). The van der Waals surface area contributed by atoms with Gasteiger partial charge < -0.3 is 10.2 Å². The van der Waals surface area contributed by atoms with Gasteiger partial charge in [-0.25, -0.2) is 4.79 Å². The van der Waals surface area contributed by atoms with Crippen LogP contribution in [-0.2, 0) is 6.54 Å². The maximum Gasteiger partial charge on any atom is 0.401 e. The number of carbonyl (C=O) groups is 1. The number of amides is 2. The largest absolute Gasteiger partial charge is 0.401 e. The minimum Gasteiger partial charge on any atom is -0.338 e. The van der Waals surface area contributed by atoms with E-state index in [1.54, 1.807) is 4.90 Å². The first kappa shape index (κ1) is 18.6. The molecule has 1 aliphatic rings. The van der Waals surface area contributed by atoms with Gasteiger partial charge in [-0.3, -0.25) is 4.90 Å². The molecule has 1 atom stereocenters. The molecule has 24 heavy (non-hydrogen) atoms. The molecule has 4 nitrogen and oxygen atoms in total. The molecule has 1 N–H and O–H groups in total. The summed E-state index contributed by atoms with van der Waals surface area (Å²) < 4.78 is 37.2. The third-order valence-electron chi connectivity index (χ3n) is 4.20. The summed E-state index contributed by atoms with van der Waals surface area (Å²) in [6.45, 7) is 3.36. The summed E-state index contributed by atoms with van der Waals surface area (Å²) in [7, 11) is 0. The fourth-order valence-electron chi connectivity index (χ4n) is 2.95. The molecule has 1 fully saturated rings. The van der Waals surface area contributed by atoms with Gasteiger partial charge in [0.25, 0.3) is 0 Å². The van der Waals surface area contributed by atoms with Crippen LogP contribution in [0.3, 0.4) is 0 Å². The van der Waals surface area contributed by atoms with Crippen LogP contribution in [0.25, 0.3) is 0 Å². The van der Waals surface area contributed by atoms with E-state index < -0.39 is 12.7 Å². The van der Waals surface area contributed by atoms with E-state index >= 15 is 0 Å². The Labute approximate surface area is 140 Å². The summed E-state index contributed by atoms with van der Waals surface area (Å²) in [6.07, 6.45) is -3.48. The highest BCUT2D eigenvalue weighted by atomic mass is 19.4. The minimum absolute atomic E-state index is 0.0757. The molecule has 2 amide bonds. The summed E-state index contributed by atoms with van der Waals surface area (Å²) in [5.41, 5.74) is 1.05. The zero-order chi connectivity index (χ0) is 17.6. The number of hydrogen-bond donors (Lipinski definition) is 1. The number of nitrogens with zero attached hydrogens (tertiary/aromatic N) is 2. The number of carbonyl (C=O) groups excluding carboxylic acids is 1. The number of rotatable bonds is 6. The van der Waals surface area contributed by atoms with E-state index in [-0.39, 0.29) is 11.9 Å². The molecule has 1 unspecified atom stereocenters. The van der Waals surface area contributed by atoms with E-state index in [1.807, 2.05) is 37.3 Å². The van der Waals surface area contributed by atoms with Gasteiger partial charge in [-0.2, -0.15) is 13.2 Å². The number of urea groups is 1. The van der Waals surface area contributed by atoms with Crippen molar-refractivity contribution in [2.45, 2.75) is 26.1 Å². The Morgan fingerprint density at radius 2 is 2.04 bits per heavy atom. The molecule has 1 saturated heterocycles. The number of nitrogens with one attached hydrogen (secondary N) is 1. The first-order valence-corrected chi connectivity index (χ1v) is 8.23. The average molecular weight is 343 g/mol. The Kier molecular flexibility index (Phi) is 6.48. The molecule has 7 heteroatoms. The second kappa shape index (κ2) is 8.37. The summed E-state index contributed by atoms with van der Waals surface area (Å²) in [5, 5.41) is 2.86. The third kappa shape index (κ3) is 6.03. The lowest BCUT2D eigenvalue weighted by Gasteiger charge is -2.23. The highest BCUT2D eigenvalue weighted by molar-refractivity contribution is 5.74. The molecule has 0 radical (unpaired) electrons. The van der Waals surface area contributed by atoms with Gasteiger partial charge in [0.15, 0.2) is 0 Å². The van der Waals surface area contributed by atoms with Crippen LogP contribution in [0.15, 0.2) is 30.3 Å². The molecule has 1 heterocycles. The van der Waals surface area contributed by atoms with E-state index in [0.29, 0.717) is 39.1 Å². The molecule has 0 aromatic heterocycles. The van der Waals surface area contributed by atoms with Gasteiger partial charge in [0.2, 0.25) is 0 Å². The van der Waals surface area contributed by atoms with Gasteiger partial charge in [0.05, 0.1) is 6.54 Å². The molecule has 0 aliphatic carbocycles. The van der Waals surface area contributed by atoms with Gasteiger partial charge >= 0.3 is 12.2 Å². The topological polar surface area (TPSA) is 35.6 Å². The second-order valence-electron chi connectivity index (χ2n) is 6.19. The smallest absolute Gasteiger partial charge is 0.338 e. The quantitative estimate of drug-likeness (QED) is 0.861. The molecule has 0 bridgehead atoms. The number of alkyl halides is 3. The van der Waals surface area contributed by atoms with Crippen molar-refractivity contribution < 1.29 is 18.0 Å². The van der Waals surface area contributed by atoms with Crippen molar-refractivity contribution in [2.75, 3.05) is 32.7 Å². The van der Waals surface area contributed by atoms with Crippen molar-refractivity contribution in [3.63, 3.8) is 0 Å². The van der Waals surface area contributed by atoms with Crippen molar-refractivity contribution in [1.29, 1.82) is 0 Å². The Balaban J connectivity index is 1.76. The highest BCUT2D eigenvalue weighted by Crippen LogP contribution is 2.22. The fourth-order valence-corrected chi connectivity index (χ4v) is 2.95. The molecule has 1 aliphatic heterocycles. The minimum atomic E-state index is -4.16. The first-order valence-electron chi connectivity index (χ1n) is 8.23. The Bertz CT molecular complexity index is 522. The number of halogens is 3.